The van der Waals surface area contributed by atoms with E-state index >= 15 is 0 Å². The van der Waals surface area contributed by atoms with Crippen LogP contribution in [0.5, 0.6) is 5.88 Å². The lowest BCUT2D eigenvalue weighted by Crippen LogP contribution is -2.49. The number of nitrogens with zero attached hydrogens (tertiary/aromatic N) is 6. The number of anilines is 3. The van der Waals surface area contributed by atoms with Gasteiger partial charge in [-0.1, -0.05) is 0 Å². The summed E-state index contributed by atoms with van der Waals surface area (Å²) >= 11 is 0. The van der Waals surface area contributed by atoms with Crippen LogP contribution in [-0.2, 0) is 0 Å². The maximum atomic E-state index is 12.6. The number of hydrogen-bond acceptors (Lipinski definition) is 8. The first-order chi connectivity index (χ1) is 14.2. The highest BCUT2D eigenvalue weighted by molar-refractivity contribution is 5.94. The molecule has 148 valence electrons. The van der Waals surface area contributed by atoms with Crippen LogP contribution >= 0.6 is 0 Å². The van der Waals surface area contributed by atoms with Gasteiger partial charge >= 0.3 is 0 Å². The lowest BCUT2D eigenvalue weighted by molar-refractivity contribution is 0.0746. The Morgan fingerprint density at radius 1 is 1.03 bits per heavy atom. The first kappa shape index (κ1) is 18.6. The number of aromatic nitrogens is 4. The molecule has 0 atom stereocenters. The third-order valence-electron chi connectivity index (χ3n) is 4.67. The van der Waals surface area contributed by atoms with Crippen LogP contribution in [0.15, 0.2) is 55.0 Å². The number of pyridine rings is 2. The van der Waals surface area contributed by atoms with Crippen LogP contribution in [0.2, 0.25) is 0 Å². The Morgan fingerprint density at radius 2 is 1.90 bits per heavy atom. The fraction of sp³-hybridized carbons (Fsp3) is 0.250. The number of carbonyl (C=O) groups excluding carboxylic acids is 1. The lowest BCUT2D eigenvalue weighted by Gasteiger charge is -2.35. The van der Waals surface area contributed by atoms with Gasteiger partial charge in [-0.3, -0.25) is 9.78 Å². The highest BCUT2D eigenvalue weighted by atomic mass is 16.5. The van der Waals surface area contributed by atoms with Crippen LogP contribution in [0, 0.1) is 0 Å². The van der Waals surface area contributed by atoms with Gasteiger partial charge < -0.3 is 19.9 Å². The monoisotopic (exact) mass is 391 g/mol. The Morgan fingerprint density at radius 3 is 2.52 bits per heavy atom. The van der Waals surface area contributed by atoms with Gasteiger partial charge in [0.2, 0.25) is 5.88 Å². The van der Waals surface area contributed by atoms with Gasteiger partial charge in [0.25, 0.3) is 5.91 Å². The van der Waals surface area contributed by atoms with Gasteiger partial charge in [-0.05, 0) is 30.3 Å². The molecule has 1 aliphatic rings. The Bertz CT molecular complexity index is 941. The molecule has 4 rings (SSSR count). The van der Waals surface area contributed by atoms with Crippen molar-refractivity contribution in [1.82, 2.24) is 25.1 Å². The van der Waals surface area contributed by atoms with E-state index in [2.05, 4.69) is 30.4 Å². The molecule has 29 heavy (non-hydrogen) atoms. The summed E-state index contributed by atoms with van der Waals surface area (Å²) < 4.78 is 5.04. The number of methoxy groups -OCH3 is 1. The van der Waals surface area contributed by atoms with Crippen molar-refractivity contribution in [2.45, 2.75) is 0 Å². The maximum absolute atomic E-state index is 12.6. The van der Waals surface area contributed by atoms with Crippen LogP contribution in [0.25, 0.3) is 0 Å². The molecule has 0 aliphatic carbocycles. The van der Waals surface area contributed by atoms with Crippen molar-refractivity contribution in [1.29, 1.82) is 0 Å². The van der Waals surface area contributed by atoms with Crippen molar-refractivity contribution in [2.75, 3.05) is 43.5 Å². The average molecular weight is 391 g/mol. The fourth-order valence-corrected chi connectivity index (χ4v) is 3.09. The van der Waals surface area contributed by atoms with Gasteiger partial charge in [-0.15, -0.1) is 10.2 Å². The molecular formula is C20H21N7O2. The number of rotatable bonds is 5. The van der Waals surface area contributed by atoms with Crippen molar-refractivity contribution in [3.8, 4) is 5.88 Å². The van der Waals surface area contributed by atoms with Crippen molar-refractivity contribution in [2.24, 2.45) is 0 Å². The van der Waals surface area contributed by atoms with E-state index in [1.165, 1.54) is 0 Å². The Kier molecular flexibility index (Phi) is 5.46. The Balaban J connectivity index is 1.33. The molecule has 0 saturated carbocycles. The zero-order valence-corrected chi connectivity index (χ0v) is 16.0. The molecule has 0 aromatic carbocycles. The van der Waals surface area contributed by atoms with Gasteiger partial charge in [0.1, 0.15) is 0 Å². The van der Waals surface area contributed by atoms with Gasteiger partial charge in [-0.2, -0.15) is 0 Å². The minimum absolute atomic E-state index is 0.0260. The minimum Gasteiger partial charge on any atom is -0.481 e. The quantitative estimate of drug-likeness (QED) is 0.705. The van der Waals surface area contributed by atoms with Crippen LogP contribution in [-0.4, -0.2) is 64.3 Å². The molecule has 1 saturated heterocycles. The van der Waals surface area contributed by atoms with E-state index in [4.69, 9.17) is 4.74 Å². The predicted molar refractivity (Wildman–Crippen MR) is 108 cm³/mol. The summed E-state index contributed by atoms with van der Waals surface area (Å²) in [4.78, 5) is 24.8. The normalized spacial score (nSPS) is 13.8. The molecule has 0 unspecified atom stereocenters. The highest BCUT2D eigenvalue weighted by Crippen LogP contribution is 2.18. The summed E-state index contributed by atoms with van der Waals surface area (Å²) in [6.45, 7) is 2.61. The summed E-state index contributed by atoms with van der Waals surface area (Å²) in [7, 11) is 1.55. The molecule has 0 spiro atoms. The van der Waals surface area contributed by atoms with Gasteiger partial charge in [0, 0.05) is 44.6 Å². The minimum atomic E-state index is -0.0260. The standard InChI is InChI=1S/C20H21N7O2/c1-29-19-7-4-15(13-22-19)20(28)27-11-9-26(10-12-27)18-6-5-17(24-25-18)23-16-3-2-8-21-14-16/h2-8,13-14H,9-12H2,1H3,(H,23,24). The molecule has 1 fully saturated rings. The van der Waals surface area contributed by atoms with Crippen molar-refractivity contribution < 1.29 is 9.53 Å². The van der Waals surface area contributed by atoms with Gasteiger partial charge in [0.15, 0.2) is 11.6 Å². The molecule has 4 heterocycles. The third-order valence-corrected chi connectivity index (χ3v) is 4.67. The zero-order valence-electron chi connectivity index (χ0n) is 16.0. The molecule has 3 aromatic heterocycles. The SMILES string of the molecule is COc1ccc(C(=O)N2CCN(c3ccc(Nc4cccnc4)nn3)CC2)cn1. The third kappa shape index (κ3) is 4.40. The van der Waals surface area contributed by atoms with E-state index in [9.17, 15) is 4.79 Å². The van der Waals surface area contributed by atoms with Crippen LogP contribution in [0.4, 0.5) is 17.3 Å². The maximum Gasteiger partial charge on any atom is 0.255 e. The number of piperazine rings is 1. The van der Waals surface area contributed by atoms with Crippen molar-refractivity contribution in [3.05, 3.63) is 60.6 Å². The van der Waals surface area contributed by atoms with E-state index in [1.807, 2.05) is 29.2 Å². The van der Waals surface area contributed by atoms with Crippen molar-refractivity contribution in [3.63, 3.8) is 0 Å². The molecule has 1 aliphatic heterocycles. The van der Waals surface area contributed by atoms with E-state index in [0.717, 1.165) is 11.5 Å². The molecule has 9 nitrogen and oxygen atoms in total. The van der Waals surface area contributed by atoms with E-state index in [-0.39, 0.29) is 5.91 Å². The molecule has 3 aromatic rings. The zero-order chi connectivity index (χ0) is 20.1. The second-order valence-corrected chi connectivity index (χ2v) is 6.51. The molecule has 1 N–H and O–H groups in total. The molecule has 9 heteroatoms. The second kappa shape index (κ2) is 8.51. The number of amides is 1. The smallest absolute Gasteiger partial charge is 0.255 e. The molecule has 0 bridgehead atoms. The molecular weight excluding hydrogens is 370 g/mol. The van der Waals surface area contributed by atoms with E-state index < -0.39 is 0 Å². The van der Waals surface area contributed by atoms with E-state index in [1.54, 1.807) is 37.8 Å². The largest absolute Gasteiger partial charge is 0.481 e. The first-order valence-corrected chi connectivity index (χ1v) is 9.28. The van der Waals surface area contributed by atoms with Crippen molar-refractivity contribution >= 4 is 23.2 Å². The number of hydrogen-bond donors (Lipinski definition) is 1. The lowest BCUT2D eigenvalue weighted by atomic mass is 10.2. The summed E-state index contributed by atoms with van der Waals surface area (Å²) in [5, 5.41) is 11.7. The summed E-state index contributed by atoms with van der Waals surface area (Å²) in [6.07, 6.45) is 4.99. The summed E-state index contributed by atoms with van der Waals surface area (Å²) in [6, 6.07) is 11.0. The van der Waals surface area contributed by atoms with E-state index in [0.29, 0.717) is 43.4 Å². The Hall–Kier alpha value is -3.75. The van der Waals surface area contributed by atoms with Crippen LogP contribution in [0.3, 0.4) is 0 Å². The van der Waals surface area contributed by atoms with Crippen LogP contribution in [0.1, 0.15) is 10.4 Å². The highest BCUT2D eigenvalue weighted by Gasteiger charge is 2.23. The van der Waals surface area contributed by atoms with Gasteiger partial charge in [-0.25, -0.2) is 4.98 Å². The topological polar surface area (TPSA) is 96.4 Å². The second-order valence-electron chi connectivity index (χ2n) is 6.51. The number of ether oxygens (including phenoxy) is 1. The Labute approximate surface area is 168 Å². The number of carbonyl (C=O) groups is 1. The van der Waals surface area contributed by atoms with Gasteiger partial charge in [0.05, 0.1) is 24.6 Å². The average Bonchev–Trinajstić information content (AvgIpc) is 2.80. The molecule has 0 radical (unpaired) electrons. The summed E-state index contributed by atoms with van der Waals surface area (Å²) in [5.41, 5.74) is 1.42. The van der Waals surface area contributed by atoms with Crippen LogP contribution < -0.4 is 15.0 Å². The first-order valence-electron chi connectivity index (χ1n) is 9.28. The summed E-state index contributed by atoms with van der Waals surface area (Å²) in [5.74, 6) is 1.91. The number of nitrogens with one attached hydrogen (secondary N) is 1. The fourth-order valence-electron chi connectivity index (χ4n) is 3.09. The molecule has 1 amide bonds. The predicted octanol–water partition coefficient (Wildman–Crippen LogP) is 1.98.